The van der Waals surface area contributed by atoms with Gasteiger partial charge in [0.25, 0.3) is 0 Å². The van der Waals surface area contributed by atoms with Crippen molar-refractivity contribution >= 4 is 17.8 Å². The van der Waals surface area contributed by atoms with Crippen LogP contribution in [-0.2, 0) is 23.9 Å². The van der Waals surface area contributed by atoms with Crippen LogP contribution in [0.15, 0.2) is 0 Å². The quantitative estimate of drug-likeness (QED) is 0.651. The summed E-state index contributed by atoms with van der Waals surface area (Å²) in [4.78, 5) is 40.3. The molecule has 0 unspecified atom stereocenters. The van der Waals surface area contributed by atoms with E-state index in [1.807, 2.05) is 0 Å². The summed E-state index contributed by atoms with van der Waals surface area (Å²) < 4.78 is 10.4. The van der Waals surface area contributed by atoms with Gasteiger partial charge in [-0.25, -0.2) is 4.79 Å². The molecule has 4 fully saturated rings. The van der Waals surface area contributed by atoms with E-state index in [1.165, 1.54) is 7.11 Å². The molecule has 4 aliphatic rings. The van der Waals surface area contributed by atoms with E-state index in [2.05, 4.69) is 19.2 Å². The summed E-state index contributed by atoms with van der Waals surface area (Å²) in [7, 11) is 1.38. The summed E-state index contributed by atoms with van der Waals surface area (Å²) in [5, 5.41) is 3.02. The Hall–Kier alpha value is -1.63. The maximum Gasteiger partial charge on any atom is 0.328 e. The Balaban J connectivity index is 1.42. The molecular formula is C22H34N2O5. The maximum absolute atomic E-state index is 13.4. The first-order chi connectivity index (χ1) is 13.8. The van der Waals surface area contributed by atoms with E-state index in [0.29, 0.717) is 50.4 Å². The Bertz CT molecular complexity index is 668. The Morgan fingerprint density at radius 2 is 1.83 bits per heavy atom. The fraction of sp³-hybridized carbons (Fsp3) is 0.864. The molecule has 162 valence electrons. The van der Waals surface area contributed by atoms with Gasteiger partial charge in [0.05, 0.1) is 7.11 Å². The van der Waals surface area contributed by atoms with Gasteiger partial charge in [-0.2, -0.15) is 0 Å². The zero-order chi connectivity index (χ0) is 20.8. The molecule has 0 aromatic heterocycles. The van der Waals surface area contributed by atoms with E-state index in [-0.39, 0.29) is 29.1 Å². The van der Waals surface area contributed by atoms with E-state index >= 15 is 0 Å². The highest BCUT2D eigenvalue weighted by molar-refractivity contribution is 5.92. The first-order valence-electron chi connectivity index (χ1n) is 11.1. The van der Waals surface area contributed by atoms with E-state index < -0.39 is 12.1 Å². The highest BCUT2D eigenvalue weighted by Gasteiger charge is 2.70. The second-order valence-corrected chi connectivity index (χ2v) is 9.97. The van der Waals surface area contributed by atoms with Crippen LogP contribution in [0.2, 0.25) is 0 Å². The second kappa shape index (κ2) is 7.89. The molecule has 2 aliphatic carbocycles. The monoisotopic (exact) mass is 406 g/mol. The number of hydrogen-bond donors (Lipinski definition) is 1. The van der Waals surface area contributed by atoms with Crippen molar-refractivity contribution in [3.63, 3.8) is 0 Å². The lowest BCUT2D eigenvalue weighted by atomic mass is 9.95. The average Bonchev–Trinajstić information content (AvgIpc) is 3.54. The molecule has 0 spiro atoms. The lowest BCUT2D eigenvalue weighted by Crippen LogP contribution is -2.54. The second-order valence-electron chi connectivity index (χ2n) is 9.97. The number of carbonyl (C=O) groups excluding carboxylic acids is 3. The van der Waals surface area contributed by atoms with Crippen molar-refractivity contribution in [3.8, 4) is 0 Å². The number of amides is 2. The number of piperidine rings is 1. The third-order valence-corrected chi connectivity index (χ3v) is 7.65. The molecule has 2 amide bonds. The minimum atomic E-state index is -0.539. The van der Waals surface area contributed by atoms with Crippen molar-refractivity contribution in [3.05, 3.63) is 0 Å². The molecule has 2 saturated carbocycles. The number of carbonyl (C=O) groups is 3. The van der Waals surface area contributed by atoms with Gasteiger partial charge < -0.3 is 19.7 Å². The molecular weight excluding hydrogens is 372 g/mol. The number of likely N-dealkylation sites (tertiary alicyclic amines) is 1. The fourth-order valence-corrected chi connectivity index (χ4v) is 5.48. The third-order valence-electron chi connectivity index (χ3n) is 7.65. The van der Waals surface area contributed by atoms with Crippen LogP contribution in [0, 0.1) is 29.1 Å². The summed E-state index contributed by atoms with van der Waals surface area (Å²) in [6, 6.07) is -1.07. The van der Waals surface area contributed by atoms with Crippen molar-refractivity contribution in [1.82, 2.24) is 10.2 Å². The Kier molecular flexibility index (Phi) is 5.62. The van der Waals surface area contributed by atoms with Crippen molar-refractivity contribution in [2.24, 2.45) is 29.1 Å². The summed E-state index contributed by atoms with van der Waals surface area (Å²) in [5.41, 5.74) is 0.0634. The summed E-state index contributed by atoms with van der Waals surface area (Å²) in [6.07, 6.45) is 5.11. The number of nitrogens with one attached hydrogen (secondary N) is 1. The topological polar surface area (TPSA) is 84.9 Å². The molecule has 7 heteroatoms. The lowest BCUT2D eigenvalue weighted by Gasteiger charge is -2.32. The number of fused-ring (bicyclic) bond motifs is 1. The Morgan fingerprint density at radius 3 is 2.45 bits per heavy atom. The number of hydrogen-bond acceptors (Lipinski definition) is 5. The van der Waals surface area contributed by atoms with E-state index in [9.17, 15) is 14.4 Å². The number of rotatable bonds is 7. The predicted octanol–water partition coefficient (Wildman–Crippen LogP) is 1.74. The first kappa shape index (κ1) is 20.6. The zero-order valence-electron chi connectivity index (χ0n) is 17.8. The SMILES string of the molecule is COC(=O)[C@@H]1[C@@H]2[C@H](CN1C(=O)[C@H](CC1CC1)NC(=O)CC1CCOCC1)C2(C)C. The number of esters is 1. The molecule has 2 heterocycles. The Morgan fingerprint density at radius 1 is 1.14 bits per heavy atom. The summed E-state index contributed by atoms with van der Waals surface area (Å²) in [6.45, 7) is 6.28. The molecule has 4 rings (SSSR count). The molecule has 2 aliphatic heterocycles. The molecule has 0 aromatic carbocycles. The van der Waals surface area contributed by atoms with Crippen LogP contribution in [0.3, 0.4) is 0 Å². The highest BCUT2D eigenvalue weighted by Crippen LogP contribution is 2.65. The molecule has 7 nitrogen and oxygen atoms in total. The first-order valence-corrected chi connectivity index (χ1v) is 11.1. The third kappa shape index (κ3) is 4.16. The normalized spacial score (nSPS) is 31.7. The average molecular weight is 407 g/mol. The van der Waals surface area contributed by atoms with Gasteiger partial charge in [0.1, 0.15) is 12.1 Å². The van der Waals surface area contributed by atoms with E-state index in [4.69, 9.17) is 9.47 Å². The van der Waals surface area contributed by atoms with Crippen molar-refractivity contribution in [2.45, 2.75) is 64.5 Å². The Labute approximate surface area is 172 Å². The minimum Gasteiger partial charge on any atom is -0.467 e. The van der Waals surface area contributed by atoms with Crippen LogP contribution in [-0.4, -0.2) is 61.6 Å². The minimum absolute atomic E-state index is 0.0600. The molecule has 2 saturated heterocycles. The van der Waals surface area contributed by atoms with Gasteiger partial charge in [0.2, 0.25) is 11.8 Å². The summed E-state index contributed by atoms with van der Waals surface area (Å²) >= 11 is 0. The van der Waals surface area contributed by atoms with Crippen LogP contribution in [0.5, 0.6) is 0 Å². The van der Waals surface area contributed by atoms with Gasteiger partial charge in [-0.05, 0) is 42.4 Å². The van der Waals surface area contributed by atoms with Crippen LogP contribution in [0.1, 0.15) is 52.4 Å². The van der Waals surface area contributed by atoms with Crippen molar-refractivity contribution in [2.75, 3.05) is 26.9 Å². The van der Waals surface area contributed by atoms with Crippen molar-refractivity contribution in [1.29, 1.82) is 0 Å². The van der Waals surface area contributed by atoms with E-state index in [1.54, 1.807) is 4.90 Å². The van der Waals surface area contributed by atoms with Gasteiger partial charge in [-0.15, -0.1) is 0 Å². The molecule has 0 aromatic rings. The fourth-order valence-electron chi connectivity index (χ4n) is 5.48. The smallest absolute Gasteiger partial charge is 0.328 e. The number of nitrogens with zero attached hydrogens (tertiary/aromatic N) is 1. The highest BCUT2D eigenvalue weighted by atomic mass is 16.5. The van der Waals surface area contributed by atoms with Gasteiger partial charge in [-0.1, -0.05) is 26.7 Å². The van der Waals surface area contributed by atoms with Crippen LogP contribution < -0.4 is 5.32 Å². The molecule has 4 atom stereocenters. The molecule has 0 bridgehead atoms. The van der Waals surface area contributed by atoms with Crippen molar-refractivity contribution < 1.29 is 23.9 Å². The van der Waals surface area contributed by atoms with Crippen LogP contribution in [0.25, 0.3) is 0 Å². The predicted molar refractivity (Wildman–Crippen MR) is 106 cm³/mol. The van der Waals surface area contributed by atoms with Gasteiger partial charge in [0, 0.05) is 32.1 Å². The largest absolute Gasteiger partial charge is 0.467 e. The molecule has 0 radical (unpaired) electrons. The summed E-state index contributed by atoms with van der Waals surface area (Å²) in [5.74, 6) is 0.787. The van der Waals surface area contributed by atoms with E-state index in [0.717, 1.165) is 25.7 Å². The van der Waals surface area contributed by atoms with Crippen LogP contribution >= 0.6 is 0 Å². The molecule has 1 N–H and O–H groups in total. The number of methoxy groups -OCH3 is 1. The van der Waals surface area contributed by atoms with Gasteiger partial charge in [-0.3, -0.25) is 9.59 Å². The molecule has 29 heavy (non-hydrogen) atoms. The lowest BCUT2D eigenvalue weighted by molar-refractivity contribution is -0.154. The van der Waals surface area contributed by atoms with Gasteiger partial charge >= 0.3 is 5.97 Å². The number of ether oxygens (including phenoxy) is 2. The standard InChI is InChI=1S/C22H34N2O5/c1-22(2)15-12-24(19(18(15)22)21(27)28-3)20(26)16(10-13-4-5-13)23-17(25)11-14-6-8-29-9-7-14/h13-16,18-19H,4-12H2,1-3H3,(H,23,25)/t15-,16-,18-,19-/m0/s1. The zero-order valence-corrected chi connectivity index (χ0v) is 17.8. The van der Waals surface area contributed by atoms with Gasteiger partial charge in [0.15, 0.2) is 0 Å². The van der Waals surface area contributed by atoms with Crippen LogP contribution in [0.4, 0.5) is 0 Å². The maximum atomic E-state index is 13.4.